The molecule has 0 unspecified atom stereocenters. The monoisotopic (exact) mass is 257 g/mol. The Morgan fingerprint density at radius 1 is 1.32 bits per heavy atom. The summed E-state index contributed by atoms with van der Waals surface area (Å²) in [5.74, 6) is 0.730. The van der Waals surface area contributed by atoms with E-state index >= 15 is 0 Å². The molecule has 0 amide bonds. The van der Waals surface area contributed by atoms with Crippen LogP contribution in [-0.2, 0) is 0 Å². The maximum Gasteiger partial charge on any atom is 0.149 e. The maximum atomic E-state index is 5.95. The Balaban J connectivity index is 1.96. The molecule has 100 valence electrons. The van der Waals surface area contributed by atoms with E-state index < -0.39 is 0 Å². The third-order valence-electron chi connectivity index (χ3n) is 3.86. The van der Waals surface area contributed by atoms with Gasteiger partial charge in [-0.2, -0.15) is 5.10 Å². The van der Waals surface area contributed by atoms with Crippen molar-refractivity contribution < 1.29 is 4.74 Å². The number of para-hydroxylation sites is 1. The number of hydrogen-bond acceptors (Lipinski definition) is 3. The molecule has 1 saturated carbocycles. The van der Waals surface area contributed by atoms with Crippen molar-refractivity contribution >= 4 is 5.69 Å². The second-order valence-corrected chi connectivity index (χ2v) is 5.08. The number of methoxy groups -OCH3 is 1. The van der Waals surface area contributed by atoms with Crippen LogP contribution in [0.2, 0.25) is 0 Å². The maximum absolute atomic E-state index is 5.95. The van der Waals surface area contributed by atoms with Crippen LogP contribution in [0.4, 0.5) is 5.69 Å². The molecule has 0 atom stereocenters. The molecule has 4 nitrogen and oxygen atoms in total. The quantitative estimate of drug-likeness (QED) is 0.859. The highest BCUT2D eigenvalue weighted by Crippen LogP contribution is 2.36. The second kappa shape index (κ2) is 4.96. The lowest BCUT2D eigenvalue weighted by Gasteiger charge is -2.10. The van der Waals surface area contributed by atoms with Crippen LogP contribution in [0.1, 0.15) is 31.7 Å². The Bertz CT molecular complexity index is 571. The molecule has 0 radical (unpaired) electrons. The van der Waals surface area contributed by atoms with E-state index in [1.54, 1.807) is 7.11 Å². The van der Waals surface area contributed by atoms with Gasteiger partial charge in [-0.15, -0.1) is 0 Å². The van der Waals surface area contributed by atoms with Crippen molar-refractivity contribution in [3.05, 3.63) is 30.6 Å². The second-order valence-electron chi connectivity index (χ2n) is 5.08. The van der Waals surface area contributed by atoms with Gasteiger partial charge in [0.05, 0.1) is 25.0 Å². The lowest BCUT2D eigenvalue weighted by molar-refractivity contribution is 0.418. The number of nitrogens with two attached hydrogens (primary N) is 1. The number of aromatic nitrogens is 2. The predicted octanol–water partition coefficient (Wildman–Crippen LogP) is 3.26. The third kappa shape index (κ3) is 2.18. The zero-order chi connectivity index (χ0) is 13.2. The molecule has 0 spiro atoms. The van der Waals surface area contributed by atoms with Crippen LogP contribution in [0.5, 0.6) is 5.75 Å². The number of benzene rings is 1. The highest BCUT2D eigenvalue weighted by molar-refractivity contribution is 5.76. The predicted molar refractivity (Wildman–Crippen MR) is 76.1 cm³/mol. The van der Waals surface area contributed by atoms with Crippen molar-refractivity contribution in [3.8, 4) is 16.9 Å². The fourth-order valence-electron chi connectivity index (χ4n) is 2.86. The Kier molecular flexibility index (Phi) is 3.15. The van der Waals surface area contributed by atoms with Crippen LogP contribution in [0.3, 0.4) is 0 Å². The highest BCUT2D eigenvalue weighted by Gasteiger charge is 2.18. The largest absolute Gasteiger partial charge is 0.494 e. The Morgan fingerprint density at radius 2 is 2.11 bits per heavy atom. The summed E-state index contributed by atoms with van der Waals surface area (Å²) in [4.78, 5) is 0. The number of hydrogen-bond donors (Lipinski definition) is 1. The number of rotatable bonds is 3. The molecule has 4 heteroatoms. The summed E-state index contributed by atoms with van der Waals surface area (Å²) >= 11 is 0. The zero-order valence-electron chi connectivity index (χ0n) is 11.2. The van der Waals surface area contributed by atoms with Gasteiger partial charge in [0.1, 0.15) is 5.75 Å². The molecule has 3 rings (SSSR count). The number of anilines is 1. The summed E-state index contributed by atoms with van der Waals surface area (Å²) in [6.07, 6.45) is 9.08. The first-order chi connectivity index (χ1) is 9.29. The van der Waals surface area contributed by atoms with E-state index in [-0.39, 0.29) is 0 Å². The summed E-state index contributed by atoms with van der Waals surface area (Å²) in [6.45, 7) is 0. The summed E-state index contributed by atoms with van der Waals surface area (Å²) in [6, 6.07) is 6.37. The lowest BCUT2D eigenvalue weighted by Crippen LogP contribution is -2.04. The standard InChI is InChI=1S/C15H19N3O/c1-19-15-13(7-4-8-14(15)16)11-9-17-18(10-11)12-5-2-3-6-12/h4,7-10,12H,2-3,5-6,16H2,1H3. The first kappa shape index (κ1) is 12.1. The summed E-state index contributed by atoms with van der Waals surface area (Å²) < 4.78 is 7.49. The molecule has 2 aromatic rings. The van der Waals surface area contributed by atoms with Crippen molar-refractivity contribution in [2.45, 2.75) is 31.7 Å². The van der Waals surface area contributed by atoms with Crippen LogP contribution < -0.4 is 10.5 Å². The van der Waals surface area contributed by atoms with E-state index in [0.717, 1.165) is 16.9 Å². The van der Waals surface area contributed by atoms with E-state index in [2.05, 4.69) is 16.0 Å². The van der Waals surface area contributed by atoms with Gasteiger partial charge in [0.25, 0.3) is 0 Å². The minimum Gasteiger partial charge on any atom is -0.494 e. The van der Waals surface area contributed by atoms with E-state index in [4.69, 9.17) is 10.5 Å². The van der Waals surface area contributed by atoms with Gasteiger partial charge in [-0.1, -0.05) is 25.0 Å². The third-order valence-corrected chi connectivity index (χ3v) is 3.86. The van der Waals surface area contributed by atoms with Crippen LogP contribution in [0, 0.1) is 0 Å². The molecule has 1 aliphatic carbocycles. The smallest absolute Gasteiger partial charge is 0.149 e. The fourth-order valence-corrected chi connectivity index (χ4v) is 2.86. The molecule has 0 saturated heterocycles. The minimum absolute atomic E-state index is 0.556. The summed E-state index contributed by atoms with van der Waals surface area (Å²) in [5.41, 5.74) is 8.68. The van der Waals surface area contributed by atoms with E-state index in [1.165, 1.54) is 25.7 Å². The number of nitrogens with zero attached hydrogens (tertiary/aromatic N) is 2. The summed E-state index contributed by atoms with van der Waals surface area (Å²) in [7, 11) is 1.65. The molecule has 1 heterocycles. The van der Waals surface area contributed by atoms with Crippen molar-refractivity contribution in [3.63, 3.8) is 0 Å². The molecule has 0 aliphatic heterocycles. The minimum atomic E-state index is 0.556. The van der Waals surface area contributed by atoms with Gasteiger partial charge < -0.3 is 10.5 Å². The molecule has 2 N–H and O–H groups in total. The molecule has 1 aliphatic rings. The van der Waals surface area contributed by atoms with Crippen molar-refractivity contribution in [1.82, 2.24) is 9.78 Å². The van der Waals surface area contributed by atoms with Gasteiger partial charge in [-0.25, -0.2) is 0 Å². The van der Waals surface area contributed by atoms with Crippen LogP contribution in [0.25, 0.3) is 11.1 Å². The highest BCUT2D eigenvalue weighted by atomic mass is 16.5. The average Bonchev–Trinajstić information content (AvgIpc) is 3.09. The van der Waals surface area contributed by atoms with Crippen molar-refractivity contribution in [2.75, 3.05) is 12.8 Å². The SMILES string of the molecule is COc1c(N)cccc1-c1cnn(C2CCCC2)c1. The average molecular weight is 257 g/mol. The van der Waals surface area contributed by atoms with Gasteiger partial charge in [-0.05, 0) is 18.9 Å². The van der Waals surface area contributed by atoms with E-state index in [1.807, 2.05) is 24.4 Å². The molecular weight excluding hydrogens is 238 g/mol. The molecular formula is C15H19N3O. The van der Waals surface area contributed by atoms with Crippen LogP contribution in [0.15, 0.2) is 30.6 Å². The molecule has 1 aromatic carbocycles. The molecule has 19 heavy (non-hydrogen) atoms. The van der Waals surface area contributed by atoms with Crippen LogP contribution >= 0.6 is 0 Å². The Labute approximate surface area is 113 Å². The fraction of sp³-hybridized carbons (Fsp3) is 0.400. The Hall–Kier alpha value is -1.97. The first-order valence-electron chi connectivity index (χ1n) is 6.76. The topological polar surface area (TPSA) is 53.1 Å². The molecule has 1 aromatic heterocycles. The van der Waals surface area contributed by atoms with Gasteiger partial charge >= 0.3 is 0 Å². The number of ether oxygens (including phenoxy) is 1. The lowest BCUT2D eigenvalue weighted by atomic mass is 10.1. The number of nitrogen functional groups attached to an aromatic ring is 1. The summed E-state index contributed by atoms with van der Waals surface area (Å²) in [5, 5.41) is 4.50. The molecule has 1 fully saturated rings. The molecule has 0 bridgehead atoms. The van der Waals surface area contributed by atoms with Gasteiger partial charge in [0.15, 0.2) is 0 Å². The van der Waals surface area contributed by atoms with Gasteiger partial charge in [-0.3, -0.25) is 4.68 Å². The van der Waals surface area contributed by atoms with Gasteiger partial charge in [0.2, 0.25) is 0 Å². The first-order valence-corrected chi connectivity index (χ1v) is 6.76. The van der Waals surface area contributed by atoms with Crippen LogP contribution in [-0.4, -0.2) is 16.9 Å². The van der Waals surface area contributed by atoms with Crippen molar-refractivity contribution in [1.29, 1.82) is 0 Å². The normalized spacial score (nSPS) is 15.8. The zero-order valence-corrected chi connectivity index (χ0v) is 11.2. The van der Waals surface area contributed by atoms with E-state index in [0.29, 0.717) is 11.7 Å². The van der Waals surface area contributed by atoms with E-state index in [9.17, 15) is 0 Å². The Morgan fingerprint density at radius 3 is 2.84 bits per heavy atom. The van der Waals surface area contributed by atoms with Crippen molar-refractivity contribution in [2.24, 2.45) is 0 Å². The van der Waals surface area contributed by atoms with Gasteiger partial charge in [0, 0.05) is 17.3 Å².